The maximum atomic E-state index is 10.0. The van der Waals surface area contributed by atoms with Crippen molar-refractivity contribution in [2.75, 3.05) is 0 Å². The molecule has 2 heterocycles. The average Bonchev–Trinajstić information content (AvgIpc) is 3.12. The van der Waals surface area contributed by atoms with Crippen molar-refractivity contribution in [1.29, 1.82) is 0 Å². The molecule has 1 fully saturated rings. The summed E-state index contributed by atoms with van der Waals surface area (Å²) in [5.74, 6) is 0.478. The Hall–Kier alpha value is -1.13. The van der Waals surface area contributed by atoms with E-state index < -0.39 is 0 Å². The van der Waals surface area contributed by atoms with Gasteiger partial charge in [-0.15, -0.1) is 0 Å². The van der Waals surface area contributed by atoms with Crippen LogP contribution in [-0.2, 0) is 6.54 Å². The molecule has 94 valence electrons. The van der Waals surface area contributed by atoms with Crippen molar-refractivity contribution >= 4 is 15.9 Å². The van der Waals surface area contributed by atoms with Crippen molar-refractivity contribution in [3.8, 4) is 0 Å². The third kappa shape index (κ3) is 2.65. The molecular weight excluding hydrogens is 292 g/mol. The second-order valence-electron chi connectivity index (χ2n) is 4.87. The third-order valence-corrected chi connectivity index (χ3v) is 3.79. The molecule has 18 heavy (non-hydrogen) atoms. The summed E-state index contributed by atoms with van der Waals surface area (Å²) in [7, 11) is 0. The normalized spacial score (nSPS) is 16.8. The third-order valence-electron chi connectivity index (χ3n) is 3.32. The van der Waals surface area contributed by atoms with Crippen LogP contribution in [0.3, 0.4) is 0 Å². The highest BCUT2D eigenvalue weighted by Gasteiger charge is 2.31. The van der Waals surface area contributed by atoms with Gasteiger partial charge in [0, 0.05) is 23.1 Å². The molecule has 1 N–H and O–H groups in total. The summed E-state index contributed by atoms with van der Waals surface area (Å²) < 4.78 is 3.06. The molecule has 3 nitrogen and oxygen atoms in total. The summed E-state index contributed by atoms with van der Waals surface area (Å²) >= 11 is 3.37. The van der Waals surface area contributed by atoms with Crippen molar-refractivity contribution in [1.82, 2.24) is 9.55 Å². The lowest BCUT2D eigenvalue weighted by atomic mass is 10.1. The zero-order valence-corrected chi connectivity index (χ0v) is 11.5. The maximum absolute atomic E-state index is 10.0. The first kappa shape index (κ1) is 11.9. The number of pyridine rings is 1. The molecule has 1 atom stereocenters. The minimum atomic E-state index is -0.288. The highest BCUT2D eigenvalue weighted by Crippen LogP contribution is 2.40. The van der Waals surface area contributed by atoms with Gasteiger partial charge in [-0.1, -0.05) is 0 Å². The Balaban J connectivity index is 1.71. The maximum Gasteiger partial charge on any atom is 0.0832 e. The number of aromatic nitrogens is 2. The van der Waals surface area contributed by atoms with Crippen LogP contribution >= 0.6 is 15.9 Å². The fourth-order valence-corrected chi connectivity index (χ4v) is 2.34. The van der Waals surface area contributed by atoms with Crippen LogP contribution in [0.4, 0.5) is 0 Å². The topological polar surface area (TPSA) is 38.0 Å². The molecular formula is C14H15BrN2O. The number of hydrogen-bond donors (Lipinski definition) is 1. The molecule has 1 unspecified atom stereocenters. The van der Waals surface area contributed by atoms with Gasteiger partial charge >= 0.3 is 0 Å². The van der Waals surface area contributed by atoms with Crippen molar-refractivity contribution in [2.24, 2.45) is 5.92 Å². The van der Waals surface area contributed by atoms with E-state index in [1.165, 1.54) is 0 Å². The fraction of sp³-hybridized carbons (Fsp3) is 0.357. The van der Waals surface area contributed by atoms with Crippen LogP contribution < -0.4 is 0 Å². The minimum absolute atomic E-state index is 0.288. The van der Waals surface area contributed by atoms with E-state index in [4.69, 9.17) is 0 Å². The van der Waals surface area contributed by atoms with Gasteiger partial charge in [0.15, 0.2) is 0 Å². The molecule has 3 rings (SSSR count). The second kappa shape index (κ2) is 4.86. The largest absolute Gasteiger partial charge is 0.388 e. The molecule has 0 aliphatic heterocycles. The Morgan fingerprint density at radius 3 is 2.89 bits per heavy atom. The van der Waals surface area contributed by atoms with Gasteiger partial charge in [0.2, 0.25) is 0 Å². The van der Waals surface area contributed by atoms with E-state index in [-0.39, 0.29) is 6.10 Å². The van der Waals surface area contributed by atoms with Crippen LogP contribution in [0.15, 0.2) is 41.3 Å². The highest BCUT2D eigenvalue weighted by molar-refractivity contribution is 9.10. The lowest BCUT2D eigenvalue weighted by Crippen LogP contribution is -2.00. The van der Waals surface area contributed by atoms with Gasteiger partial charge in [-0.05, 0) is 58.5 Å². The van der Waals surface area contributed by atoms with E-state index in [1.807, 2.05) is 30.6 Å². The molecule has 2 aromatic heterocycles. The number of rotatable bonds is 4. The van der Waals surface area contributed by atoms with Gasteiger partial charge in [0.05, 0.1) is 18.3 Å². The molecule has 4 heteroatoms. The summed E-state index contributed by atoms with van der Waals surface area (Å²) in [6, 6.07) is 5.99. The predicted molar refractivity (Wildman–Crippen MR) is 73.2 cm³/mol. The van der Waals surface area contributed by atoms with Gasteiger partial charge < -0.3 is 9.67 Å². The SMILES string of the molecule is OC(c1ccn(Cc2ccc(Br)cn2)c1)C1CC1. The van der Waals surface area contributed by atoms with E-state index in [9.17, 15) is 5.11 Å². The molecule has 0 bridgehead atoms. The zero-order chi connectivity index (χ0) is 12.5. The summed E-state index contributed by atoms with van der Waals surface area (Å²) in [4.78, 5) is 4.34. The van der Waals surface area contributed by atoms with E-state index in [2.05, 4.69) is 25.5 Å². The summed E-state index contributed by atoms with van der Waals surface area (Å²) in [5, 5.41) is 10.0. The summed E-state index contributed by atoms with van der Waals surface area (Å²) in [6.07, 6.45) is 7.85. The number of halogens is 1. The van der Waals surface area contributed by atoms with Gasteiger partial charge in [0.1, 0.15) is 0 Å². The fourth-order valence-electron chi connectivity index (χ4n) is 2.10. The minimum Gasteiger partial charge on any atom is -0.388 e. The Bertz CT molecular complexity index is 531. The summed E-state index contributed by atoms with van der Waals surface area (Å²) in [5.41, 5.74) is 2.04. The first-order valence-electron chi connectivity index (χ1n) is 6.16. The van der Waals surface area contributed by atoms with Gasteiger partial charge in [0.25, 0.3) is 0 Å². The molecule has 1 saturated carbocycles. The van der Waals surface area contributed by atoms with Crippen molar-refractivity contribution in [3.63, 3.8) is 0 Å². The van der Waals surface area contributed by atoms with E-state index in [1.54, 1.807) is 6.20 Å². The van der Waals surface area contributed by atoms with Crippen LogP contribution in [0.1, 0.15) is 30.2 Å². The van der Waals surface area contributed by atoms with E-state index in [0.717, 1.165) is 35.1 Å². The van der Waals surface area contributed by atoms with Crippen molar-refractivity contribution in [3.05, 3.63) is 52.5 Å². The lowest BCUT2D eigenvalue weighted by Gasteiger charge is -2.06. The second-order valence-corrected chi connectivity index (χ2v) is 5.78. The lowest BCUT2D eigenvalue weighted by molar-refractivity contribution is 0.154. The zero-order valence-electron chi connectivity index (χ0n) is 9.96. The first-order chi connectivity index (χ1) is 8.72. The predicted octanol–water partition coefficient (Wildman–Crippen LogP) is 3.14. The standard InChI is InChI=1S/C14H15BrN2O/c15-12-3-4-13(16-7-12)9-17-6-5-11(8-17)14(18)10-1-2-10/h3-8,10,14,18H,1-2,9H2. The molecule has 0 spiro atoms. The molecule has 0 saturated heterocycles. The smallest absolute Gasteiger partial charge is 0.0832 e. The molecule has 0 amide bonds. The van der Waals surface area contributed by atoms with Crippen molar-refractivity contribution < 1.29 is 5.11 Å². The first-order valence-corrected chi connectivity index (χ1v) is 6.96. The highest BCUT2D eigenvalue weighted by atomic mass is 79.9. The monoisotopic (exact) mass is 306 g/mol. The molecule has 1 aliphatic rings. The number of aliphatic hydroxyl groups is 1. The number of nitrogens with zero attached hydrogens (tertiary/aromatic N) is 2. The van der Waals surface area contributed by atoms with E-state index >= 15 is 0 Å². The Kier molecular flexibility index (Phi) is 3.22. The Morgan fingerprint density at radius 2 is 2.22 bits per heavy atom. The van der Waals surface area contributed by atoms with Crippen LogP contribution in [-0.4, -0.2) is 14.7 Å². The molecule has 2 aromatic rings. The van der Waals surface area contributed by atoms with Gasteiger partial charge in [-0.25, -0.2) is 0 Å². The van der Waals surface area contributed by atoms with Crippen LogP contribution in [0.25, 0.3) is 0 Å². The average molecular weight is 307 g/mol. The van der Waals surface area contributed by atoms with Gasteiger partial charge in [-0.2, -0.15) is 0 Å². The molecule has 0 radical (unpaired) electrons. The Morgan fingerprint density at radius 1 is 1.39 bits per heavy atom. The van der Waals surface area contributed by atoms with Gasteiger partial charge in [-0.3, -0.25) is 4.98 Å². The van der Waals surface area contributed by atoms with Crippen molar-refractivity contribution in [2.45, 2.75) is 25.5 Å². The molecule has 1 aliphatic carbocycles. The Labute approximate surface area is 115 Å². The van der Waals surface area contributed by atoms with Crippen LogP contribution in [0, 0.1) is 5.92 Å². The number of aliphatic hydroxyl groups excluding tert-OH is 1. The molecule has 0 aromatic carbocycles. The number of hydrogen-bond acceptors (Lipinski definition) is 2. The van der Waals surface area contributed by atoms with Crippen LogP contribution in [0.5, 0.6) is 0 Å². The quantitative estimate of drug-likeness (QED) is 0.942. The van der Waals surface area contributed by atoms with Crippen LogP contribution in [0.2, 0.25) is 0 Å². The van der Waals surface area contributed by atoms with E-state index in [0.29, 0.717) is 5.92 Å². The summed E-state index contributed by atoms with van der Waals surface area (Å²) in [6.45, 7) is 0.741.